The van der Waals surface area contributed by atoms with Crippen LogP contribution in [0.5, 0.6) is 11.5 Å². The standard InChI is InChI=1S/C29H36N6OS/c1-35(2)27-25-10-6-7-11-26(25)33-28(34-27)30-20-12-14-21(15-13-20)31-29(37)32-22-16-18-24(19-17-22)36-23-8-4-3-5-9-23/h3-5,8-9,16-21H,6-7,10-15H2,1-2H3,(H,30,33,34)(H2,31,32,37)/t20-,21+. The minimum absolute atomic E-state index is 0.362. The highest BCUT2D eigenvalue weighted by Gasteiger charge is 2.24. The lowest BCUT2D eigenvalue weighted by Gasteiger charge is -2.31. The van der Waals surface area contributed by atoms with Crippen LogP contribution in [0.25, 0.3) is 0 Å². The largest absolute Gasteiger partial charge is 0.457 e. The van der Waals surface area contributed by atoms with Gasteiger partial charge in [-0.3, -0.25) is 0 Å². The number of aromatic nitrogens is 2. The Morgan fingerprint density at radius 3 is 2.27 bits per heavy atom. The van der Waals surface area contributed by atoms with Crippen molar-refractivity contribution in [2.24, 2.45) is 0 Å². The highest BCUT2D eigenvalue weighted by atomic mass is 32.1. The van der Waals surface area contributed by atoms with Crippen LogP contribution < -0.4 is 25.6 Å². The molecule has 0 bridgehead atoms. The molecule has 8 heteroatoms. The van der Waals surface area contributed by atoms with Crippen molar-refractivity contribution in [3.63, 3.8) is 0 Å². The summed E-state index contributed by atoms with van der Waals surface area (Å²) in [5.74, 6) is 3.46. The molecule has 194 valence electrons. The van der Waals surface area contributed by atoms with E-state index in [0.29, 0.717) is 17.2 Å². The number of aryl methyl sites for hydroxylation is 1. The molecule has 3 N–H and O–H groups in total. The van der Waals surface area contributed by atoms with Gasteiger partial charge in [-0.25, -0.2) is 4.98 Å². The normalized spacial score (nSPS) is 18.9. The van der Waals surface area contributed by atoms with Gasteiger partial charge in [-0.1, -0.05) is 18.2 Å². The van der Waals surface area contributed by atoms with Crippen LogP contribution in [0.4, 0.5) is 17.5 Å². The van der Waals surface area contributed by atoms with Gasteiger partial charge in [0.15, 0.2) is 5.11 Å². The van der Waals surface area contributed by atoms with Crippen molar-refractivity contribution in [2.45, 2.75) is 63.5 Å². The number of fused-ring (bicyclic) bond motifs is 1. The molecular weight excluding hydrogens is 480 g/mol. The number of para-hydroxylation sites is 1. The van der Waals surface area contributed by atoms with E-state index in [1.165, 1.54) is 24.1 Å². The molecule has 1 heterocycles. The zero-order valence-electron chi connectivity index (χ0n) is 21.7. The monoisotopic (exact) mass is 516 g/mol. The van der Waals surface area contributed by atoms with Crippen molar-refractivity contribution in [3.8, 4) is 11.5 Å². The molecule has 2 aromatic carbocycles. The Labute approximate surface area is 225 Å². The van der Waals surface area contributed by atoms with Crippen molar-refractivity contribution in [1.29, 1.82) is 0 Å². The summed E-state index contributed by atoms with van der Waals surface area (Å²) >= 11 is 5.59. The third-order valence-corrected chi connectivity index (χ3v) is 7.29. The number of hydrogen-bond acceptors (Lipinski definition) is 6. The molecule has 0 aliphatic heterocycles. The summed E-state index contributed by atoms with van der Waals surface area (Å²) in [6.07, 6.45) is 8.80. The smallest absolute Gasteiger partial charge is 0.225 e. The van der Waals surface area contributed by atoms with Gasteiger partial charge < -0.3 is 25.6 Å². The van der Waals surface area contributed by atoms with Gasteiger partial charge in [-0.15, -0.1) is 0 Å². The highest BCUT2D eigenvalue weighted by Crippen LogP contribution is 2.29. The van der Waals surface area contributed by atoms with E-state index in [1.807, 2.05) is 54.6 Å². The van der Waals surface area contributed by atoms with Crippen molar-refractivity contribution >= 4 is 34.8 Å². The molecule has 2 aliphatic carbocycles. The number of ether oxygens (including phenoxy) is 1. The molecule has 2 aliphatic rings. The lowest BCUT2D eigenvalue weighted by atomic mass is 9.91. The highest BCUT2D eigenvalue weighted by molar-refractivity contribution is 7.80. The van der Waals surface area contributed by atoms with Crippen LogP contribution in [0.3, 0.4) is 0 Å². The predicted octanol–water partition coefficient (Wildman–Crippen LogP) is 5.92. The maximum Gasteiger partial charge on any atom is 0.225 e. The van der Waals surface area contributed by atoms with E-state index in [-0.39, 0.29) is 0 Å². The van der Waals surface area contributed by atoms with Gasteiger partial charge in [0.05, 0.1) is 5.69 Å². The number of nitrogens with zero attached hydrogens (tertiary/aromatic N) is 3. The SMILES string of the molecule is CN(C)c1nc(N[C@H]2CC[C@@H](NC(=S)Nc3ccc(Oc4ccccc4)cc3)CC2)nc2c1CCCC2. The second-order valence-corrected chi connectivity index (χ2v) is 10.5. The van der Waals surface area contributed by atoms with Crippen LogP contribution in [0, 0.1) is 0 Å². The van der Waals surface area contributed by atoms with Gasteiger partial charge in [0.2, 0.25) is 5.95 Å². The molecular formula is C29H36N6OS. The minimum atomic E-state index is 0.362. The summed E-state index contributed by atoms with van der Waals surface area (Å²) in [6, 6.07) is 18.4. The van der Waals surface area contributed by atoms with Crippen molar-refractivity contribution in [2.75, 3.05) is 29.6 Å². The van der Waals surface area contributed by atoms with E-state index in [0.717, 1.165) is 67.5 Å². The van der Waals surface area contributed by atoms with Gasteiger partial charge in [0.25, 0.3) is 0 Å². The van der Waals surface area contributed by atoms with E-state index in [9.17, 15) is 0 Å². The van der Waals surface area contributed by atoms with E-state index in [4.69, 9.17) is 26.9 Å². The van der Waals surface area contributed by atoms with Gasteiger partial charge in [-0.2, -0.15) is 4.98 Å². The average Bonchev–Trinajstić information content (AvgIpc) is 2.91. The molecule has 7 nitrogen and oxygen atoms in total. The number of anilines is 3. The summed E-state index contributed by atoms with van der Waals surface area (Å²) in [5, 5.41) is 11.1. The maximum absolute atomic E-state index is 5.86. The van der Waals surface area contributed by atoms with E-state index < -0.39 is 0 Å². The number of hydrogen-bond donors (Lipinski definition) is 3. The Hall–Kier alpha value is -3.39. The molecule has 3 aromatic rings. The van der Waals surface area contributed by atoms with Crippen molar-refractivity contribution in [1.82, 2.24) is 15.3 Å². The summed E-state index contributed by atoms with van der Waals surface area (Å²) in [4.78, 5) is 11.9. The van der Waals surface area contributed by atoms with Crippen LogP contribution in [-0.4, -0.2) is 41.3 Å². The van der Waals surface area contributed by atoms with Crippen molar-refractivity contribution < 1.29 is 4.74 Å². The molecule has 0 atom stereocenters. The summed E-state index contributed by atoms with van der Waals surface area (Å²) in [6.45, 7) is 0. The van der Waals surface area contributed by atoms with Crippen LogP contribution in [0.2, 0.25) is 0 Å². The Bertz CT molecular complexity index is 1190. The zero-order valence-corrected chi connectivity index (χ0v) is 22.5. The topological polar surface area (TPSA) is 74.3 Å². The number of benzene rings is 2. The minimum Gasteiger partial charge on any atom is -0.457 e. The zero-order chi connectivity index (χ0) is 25.6. The Morgan fingerprint density at radius 2 is 1.54 bits per heavy atom. The average molecular weight is 517 g/mol. The lowest BCUT2D eigenvalue weighted by molar-refractivity contribution is 0.387. The van der Waals surface area contributed by atoms with Crippen molar-refractivity contribution in [3.05, 3.63) is 65.9 Å². The molecule has 37 heavy (non-hydrogen) atoms. The molecule has 5 rings (SSSR count). The van der Waals surface area contributed by atoms with Gasteiger partial charge >= 0.3 is 0 Å². The summed E-state index contributed by atoms with van der Waals surface area (Å²) < 4.78 is 5.86. The number of nitrogens with one attached hydrogen (secondary N) is 3. The fourth-order valence-corrected chi connectivity index (χ4v) is 5.44. The predicted molar refractivity (Wildman–Crippen MR) is 155 cm³/mol. The molecule has 0 radical (unpaired) electrons. The third-order valence-electron chi connectivity index (χ3n) is 7.07. The van der Waals surface area contributed by atoms with Crippen LogP contribution >= 0.6 is 12.2 Å². The van der Waals surface area contributed by atoms with Crippen LogP contribution in [-0.2, 0) is 12.8 Å². The fourth-order valence-electron chi connectivity index (χ4n) is 5.16. The Balaban J connectivity index is 1.09. The second-order valence-electron chi connectivity index (χ2n) is 10.1. The Morgan fingerprint density at radius 1 is 0.865 bits per heavy atom. The molecule has 0 spiro atoms. The van der Waals surface area contributed by atoms with Crippen LogP contribution in [0.15, 0.2) is 54.6 Å². The first-order valence-electron chi connectivity index (χ1n) is 13.3. The number of rotatable bonds is 7. The molecule has 0 unspecified atom stereocenters. The van der Waals surface area contributed by atoms with Crippen LogP contribution in [0.1, 0.15) is 49.8 Å². The van der Waals surface area contributed by atoms with Gasteiger partial charge in [0.1, 0.15) is 17.3 Å². The molecule has 0 saturated heterocycles. The molecule has 1 saturated carbocycles. The van der Waals surface area contributed by atoms with Gasteiger partial charge in [0, 0.05) is 37.4 Å². The molecule has 0 amide bonds. The Kier molecular flexibility index (Phi) is 8.04. The lowest BCUT2D eigenvalue weighted by Crippen LogP contribution is -2.42. The van der Waals surface area contributed by atoms with E-state index in [1.54, 1.807) is 0 Å². The fraction of sp³-hybridized carbons (Fsp3) is 0.414. The van der Waals surface area contributed by atoms with E-state index in [2.05, 4.69) is 34.9 Å². The first-order chi connectivity index (χ1) is 18.0. The van der Waals surface area contributed by atoms with E-state index >= 15 is 0 Å². The second kappa shape index (κ2) is 11.8. The number of thiocarbonyl (C=S) groups is 1. The first kappa shape index (κ1) is 25.3. The maximum atomic E-state index is 5.86. The summed E-state index contributed by atoms with van der Waals surface area (Å²) in [7, 11) is 4.14. The van der Waals surface area contributed by atoms with Gasteiger partial charge in [-0.05, 0) is 100.0 Å². The molecule has 1 aromatic heterocycles. The first-order valence-corrected chi connectivity index (χ1v) is 13.7. The molecule has 1 fully saturated rings. The quantitative estimate of drug-likeness (QED) is 0.334. The summed E-state index contributed by atoms with van der Waals surface area (Å²) in [5.41, 5.74) is 3.49. The third kappa shape index (κ3) is 6.68.